The van der Waals surface area contributed by atoms with E-state index in [0.29, 0.717) is 6.04 Å². The van der Waals surface area contributed by atoms with Crippen molar-refractivity contribution < 1.29 is 0 Å². The minimum atomic E-state index is 0.448. The smallest absolute Gasteiger partial charge is 0.151 e. The molecule has 0 saturated heterocycles. The first kappa shape index (κ1) is 12.6. The van der Waals surface area contributed by atoms with Gasteiger partial charge in [-0.2, -0.15) is 0 Å². The molecule has 18 heavy (non-hydrogen) atoms. The van der Waals surface area contributed by atoms with Crippen LogP contribution in [0.5, 0.6) is 0 Å². The number of nitrogens with zero attached hydrogens (tertiary/aromatic N) is 3. The monoisotopic (exact) mass is 241 g/mol. The molecular formula is C15H19N3. The second-order valence-electron chi connectivity index (χ2n) is 4.24. The number of aromatic nitrogens is 2. The van der Waals surface area contributed by atoms with Crippen LogP contribution in [-0.4, -0.2) is 16.0 Å². The summed E-state index contributed by atoms with van der Waals surface area (Å²) >= 11 is 0. The van der Waals surface area contributed by atoms with E-state index in [-0.39, 0.29) is 0 Å². The Labute approximate surface area is 109 Å². The van der Waals surface area contributed by atoms with Gasteiger partial charge in [0.2, 0.25) is 0 Å². The Morgan fingerprint density at radius 1 is 1.06 bits per heavy atom. The summed E-state index contributed by atoms with van der Waals surface area (Å²) in [5.41, 5.74) is 1.17. The van der Waals surface area contributed by atoms with Gasteiger partial charge in [0, 0.05) is 24.1 Å². The molecule has 0 saturated carbocycles. The van der Waals surface area contributed by atoms with E-state index in [1.165, 1.54) is 5.69 Å². The average Bonchev–Trinajstić information content (AvgIpc) is 2.46. The zero-order valence-electron chi connectivity index (χ0n) is 11.0. The van der Waals surface area contributed by atoms with E-state index in [1.807, 2.05) is 12.3 Å². The van der Waals surface area contributed by atoms with Gasteiger partial charge in [-0.1, -0.05) is 32.0 Å². The highest BCUT2D eigenvalue weighted by molar-refractivity contribution is 5.59. The Kier molecular flexibility index (Phi) is 4.29. The first-order valence-corrected chi connectivity index (χ1v) is 6.47. The topological polar surface area (TPSA) is 29.0 Å². The fourth-order valence-electron chi connectivity index (χ4n) is 2.19. The molecule has 0 fully saturated rings. The van der Waals surface area contributed by atoms with Crippen LogP contribution < -0.4 is 4.90 Å². The summed E-state index contributed by atoms with van der Waals surface area (Å²) in [6.07, 6.45) is 7.45. The highest BCUT2D eigenvalue weighted by Crippen LogP contribution is 2.27. The third-order valence-corrected chi connectivity index (χ3v) is 3.14. The maximum absolute atomic E-state index is 4.44. The molecule has 0 radical (unpaired) electrons. The lowest BCUT2D eigenvalue weighted by Gasteiger charge is -2.31. The van der Waals surface area contributed by atoms with Crippen molar-refractivity contribution in [2.45, 2.75) is 32.7 Å². The molecule has 3 nitrogen and oxygen atoms in total. The number of anilines is 2. The highest BCUT2D eigenvalue weighted by Gasteiger charge is 2.18. The third-order valence-electron chi connectivity index (χ3n) is 3.14. The van der Waals surface area contributed by atoms with E-state index >= 15 is 0 Å². The minimum Gasteiger partial charge on any atom is -0.322 e. The number of benzene rings is 1. The van der Waals surface area contributed by atoms with Crippen molar-refractivity contribution >= 4 is 11.5 Å². The Hall–Kier alpha value is -1.90. The Bertz CT molecular complexity index is 412. The fourth-order valence-corrected chi connectivity index (χ4v) is 2.19. The molecule has 0 unspecified atom stereocenters. The maximum Gasteiger partial charge on any atom is 0.151 e. The van der Waals surface area contributed by atoms with E-state index in [9.17, 15) is 0 Å². The quantitative estimate of drug-likeness (QED) is 0.797. The van der Waals surface area contributed by atoms with Crippen molar-refractivity contribution in [3.8, 4) is 0 Å². The summed E-state index contributed by atoms with van der Waals surface area (Å²) < 4.78 is 0. The third kappa shape index (κ3) is 2.67. The van der Waals surface area contributed by atoms with Crippen LogP contribution in [0.25, 0.3) is 0 Å². The van der Waals surface area contributed by atoms with Gasteiger partial charge >= 0.3 is 0 Å². The van der Waals surface area contributed by atoms with E-state index in [2.05, 4.69) is 53.0 Å². The van der Waals surface area contributed by atoms with Crippen LogP contribution in [0, 0.1) is 0 Å². The zero-order valence-corrected chi connectivity index (χ0v) is 11.0. The van der Waals surface area contributed by atoms with Crippen LogP contribution in [0.2, 0.25) is 0 Å². The molecule has 0 bridgehead atoms. The normalized spacial score (nSPS) is 10.6. The summed E-state index contributed by atoms with van der Waals surface area (Å²) in [6, 6.07) is 10.8. The fraction of sp³-hybridized carbons (Fsp3) is 0.333. The van der Waals surface area contributed by atoms with Gasteiger partial charge < -0.3 is 4.90 Å². The van der Waals surface area contributed by atoms with Crippen molar-refractivity contribution in [3.05, 3.63) is 48.9 Å². The second kappa shape index (κ2) is 6.15. The Balaban J connectivity index is 2.41. The SMILES string of the molecule is CCC(CC)N(c1ccccc1)c1cnccn1. The lowest BCUT2D eigenvalue weighted by molar-refractivity contribution is 0.605. The van der Waals surface area contributed by atoms with Gasteiger partial charge in [0.05, 0.1) is 6.20 Å². The van der Waals surface area contributed by atoms with Crippen LogP contribution in [0.4, 0.5) is 11.5 Å². The van der Waals surface area contributed by atoms with E-state index in [1.54, 1.807) is 12.4 Å². The summed E-state index contributed by atoms with van der Waals surface area (Å²) in [6.45, 7) is 4.42. The summed E-state index contributed by atoms with van der Waals surface area (Å²) in [5, 5.41) is 0. The zero-order chi connectivity index (χ0) is 12.8. The molecule has 0 aliphatic carbocycles. The molecule has 0 aliphatic rings. The van der Waals surface area contributed by atoms with Crippen molar-refractivity contribution in [1.82, 2.24) is 9.97 Å². The van der Waals surface area contributed by atoms with E-state index in [4.69, 9.17) is 0 Å². The molecule has 0 N–H and O–H groups in total. The van der Waals surface area contributed by atoms with E-state index in [0.717, 1.165) is 18.7 Å². The second-order valence-corrected chi connectivity index (χ2v) is 4.24. The van der Waals surface area contributed by atoms with Gasteiger partial charge in [0.1, 0.15) is 0 Å². The molecule has 0 atom stereocenters. The van der Waals surface area contributed by atoms with Crippen LogP contribution in [0.1, 0.15) is 26.7 Å². The number of hydrogen-bond acceptors (Lipinski definition) is 3. The van der Waals surface area contributed by atoms with Gasteiger partial charge in [-0.25, -0.2) is 4.98 Å². The Morgan fingerprint density at radius 2 is 1.78 bits per heavy atom. The molecule has 0 spiro atoms. The lowest BCUT2D eigenvalue weighted by atomic mass is 10.1. The standard InChI is InChI=1S/C15H19N3/c1-3-13(4-2)18(14-8-6-5-7-9-14)15-12-16-10-11-17-15/h5-13H,3-4H2,1-2H3. The van der Waals surface area contributed by atoms with Gasteiger partial charge in [-0.05, 0) is 25.0 Å². The van der Waals surface area contributed by atoms with Crippen LogP contribution >= 0.6 is 0 Å². The van der Waals surface area contributed by atoms with Crippen LogP contribution in [0.15, 0.2) is 48.9 Å². The molecule has 1 heterocycles. The Morgan fingerprint density at radius 3 is 2.33 bits per heavy atom. The average molecular weight is 241 g/mol. The maximum atomic E-state index is 4.44. The molecule has 0 aliphatic heterocycles. The van der Waals surface area contributed by atoms with Crippen molar-refractivity contribution in [1.29, 1.82) is 0 Å². The van der Waals surface area contributed by atoms with Crippen LogP contribution in [0.3, 0.4) is 0 Å². The number of para-hydroxylation sites is 1. The summed E-state index contributed by atoms with van der Waals surface area (Å²) in [5.74, 6) is 0.914. The van der Waals surface area contributed by atoms with Gasteiger partial charge in [0.25, 0.3) is 0 Å². The first-order chi connectivity index (χ1) is 8.86. The molecule has 2 rings (SSSR count). The molecule has 0 amide bonds. The minimum absolute atomic E-state index is 0.448. The lowest BCUT2D eigenvalue weighted by Crippen LogP contribution is -2.30. The predicted octanol–water partition coefficient (Wildman–Crippen LogP) is 3.80. The molecule has 3 heteroatoms. The summed E-state index contributed by atoms with van der Waals surface area (Å²) in [4.78, 5) is 10.9. The first-order valence-electron chi connectivity index (χ1n) is 6.47. The largest absolute Gasteiger partial charge is 0.322 e. The summed E-state index contributed by atoms with van der Waals surface area (Å²) in [7, 11) is 0. The van der Waals surface area contributed by atoms with Crippen molar-refractivity contribution in [3.63, 3.8) is 0 Å². The van der Waals surface area contributed by atoms with Crippen LogP contribution in [-0.2, 0) is 0 Å². The molecule has 1 aromatic carbocycles. The van der Waals surface area contributed by atoms with Crippen molar-refractivity contribution in [2.75, 3.05) is 4.90 Å². The molecular weight excluding hydrogens is 222 g/mol. The van der Waals surface area contributed by atoms with Gasteiger partial charge in [-0.3, -0.25) is 4.98 Å². The van der Waals surface area contributed by atoms with E-state index < -0.39 is 0 Å². The molecule has 2 aromatic rings. The predicted molar refractivity (Wildman–Crippen MR) is 75.0 cm³/mol. The highest BCUT2D eigenvalue weighted by atomic mass is 15.2. The number of rotatable bonds is 5. The number of hydrogen-bond donors (Lipinski definition) is 0. The van der Waals surface area contributed by atoms with Gasteiger partial charge in [-0.15, -0.1) is 0 Å². The van der Waals surface area contributed by atoms with Gasteiger partial charge in [0.15, 0.2) is 5.82 Å². The molecule has 1 aromatic heterocycles. The molecule has 94 valence electrons. The van der Waals surface area contributed by atoms with Crippen molar-refractivity contribution in [2.24, 2.45) is 0 Å².